The molecule has 2 aliphatic rings. The van der Waals surface area contributed by atoms with Crippen LogP contribution in [0.4, 0.5) is 13.2 Å². The summed E-state index contributed by atoms with van der Waals surface area (Å²) < 4.78 is 35.7. The van der Waals surface area contributed by atoms with E-state index in [0.717, 1.165) is 25.7 Å². The summed E-state index contributed by atoms with van der Waals surface area (Å²) in [7, 11) is 0. The Labute approximate surface area is 98.1 Å². The van der Waals surface area contributed by atoms with Crippen molar-refractivity contribution in [3.63, 3.8) is 0 Å². The lowest BCUT2D eigenvalue weighted by atomic mass is 9.89. The highest BCUT2D eigenvalue weighted by atomic mass is 19.4. The highest BCUT2D eigenvalue weighted by Gasteiger charge is 2.34. The van der Waals surface area contributed by atoms with E-state index in [-0.39, 0.29) is 12.3 Å². The number of alkyl halides is 3. The SMILES string of the molecule is O=C(CC1CC2CCC(C1)N2)NCC(F)(F)F. The summed E-state index contributed by atoms with van der Waals surface area (Å²) in [6.45, 7) is -1.22. The van der Waals surface area contributed by atoms with Gasteiger partial charge in [0.2, 0.25) is 5.91 Å². The fourth-order valence-corrected chi connectivity index (χ4v) is 2.87. The van der Waals surface area contributed by atoms with Crippen molar-refractivity contribution in [3.05, 3.63) is 0 Å². The normalized spacial score (nSPS) is 32.5. The summed E-state index contributed by atoms with van der Waals surface area (Å²) in [5.41, 5.74) is 0. The second-order valence-corrected chi connectivity index (χ2v) is 5.07. The van der Waals surface area contributed by atoms with Gasteiger partial charge in [0.05, 0.1) is 0 Å². The maximum absolute atomic E-state index is 11.9. The van der Waals surface area contributed by atoms with Crippen LogP contribution in [0.25, 0.3) is 0 Å². The Kier molecular flexibility index (Phi) is 3.61. The number of hydrogen-bond acceptors (Lipinski definition) is 2. The molecule has 0 aromatic carbocycles. The molecule has 2 rings (SSSR count). The van der Waals surface area contributed by atoms with Crippen LogP contribution < -0.4 is 10.6 Å². The molecular weight excluding hydrogens is 233 g/mol. The molecule has 6 heteroatoms. The number of amides is 1. The van der Waals surface area contributed by atoms with Gasteiger partial charge >= 0.3 is 6.18 Å². The van der Waals surface area contributed by atoms with E-state index in [0.29, 0.717) is 12.1 Å². The first-order valence-electron chi connectivity index (χ1n) is 6.02. The molecule has 2 N–H and O–H groups in total. The van der Waals surface area contributed by atoms with Crippen LogP contribution in [0.1, 0.15) is 32.1 Å². The van der Waals surface area contributed by atoms with E-state index in [1.165, 1.54) is 0 Å². The first kappa shape index (κ1) is 12.7. The fraction of sp³-hybridized carbons (Fsp3) is 0.909. The smallest absolute Gasteiger partial charge is 0.347 e. The van der Waals surface area contributed by atoms with E-state index in [4.69, 9.17) is 0 Å². The quantitative estimate of drug-likeness (QED) is 0.798. The molecule has 2 bridgehead atoms. The maximum Gasteiger partial charge on any atom is 0.405 e. The Morgan fingerprint density at radius 2 is 1.82 bits per heavy atom. The zero-order valence-corrected chi connectivity index (χ0v) is 9.52. The van der Waals surface area contributed by atoms with E-state index in [1.807, 2.05) is 5.32 Å². The summed E-state index contributed by atoms with van der Waals surface area (Å²) >= 11 is 0. The first-order chi connectivity index (χ1) is 7.92. The minimum atomic E-state index is -4.32. The average Bonchev–Trinajstić information content (AvgIpc) is 2.54. The molecule has 2 saturated heterocycles. The minimum Gasteiger partial charge on any atom is -0.347 e. The second kappa shape index (κ2) is 4.84. The van der Waals surface area contributed by atoms with Gasteiger partial charge in [-0.2, -0.15) is 13.2 Å². The molecule has 0 aliphatic carbocycles. The molecule has 0 aromatic heterocycles. The van der Waals surface area contributed by atoms with Crippen molar-refractivity contribution in [2.75, 3.05) is 6.54 Å². The van der Waals surface area contributed by atoms with E-state index < -0.39 is 18.6 Å². The van der Waals surface area contributed by atoms with Crippen LogP contribution in [0.2, 0.25) is 0 Å². The molecule has 2 unspecified atom stereocenters. The van der Waals surface area contributed by atoms with Crippen molar-refractivity contribution in [3.8, 4) is 0 Å². The van der Waals surface area contributed by atoms with Crippen LogP contribution in [-0.4, -0.2) is 30.7 Å². The summed E-state index contributed by atoms with van der Waals surface area (Å²) in [6.07, 6.45) is -0.00385. The lowest BCUT2D eigenvalue weighted by Crippen LogP contribution is -2.40. The lowest BCUT2D eigenvalue weighted by molar-refractivity contribution is -0.139. The average molecular weight is 250 g/mol. The van der Waals surface area contributed by atoms with Gasteiger partial charge in [-0.15, -0.1) is 0 Å². The Morgan fingerprint density at radius 3 is 2.35 bits per heavy atom. The predicted octanol–water partition coefficient (Wildman–Crippen LogP) is 1.59. The topological polar surface area (TPSA) is 41.1 Å². The number of fused-ring (bicyclic) bond motifs is 2. The van der Waals surface area contributed by atoms with Gasteiger partial charge in [0, 0.05) is 18.5 Å². The summed E-state index contributed by atoms with van der Waals surface area (Å²) in [5, 5.41) is 5.37. The summed E-state index contributed by atoms with van der Waals surface area (Å²) in [6, 6.07) is 0.934. The number of rotatable bonds is 3. The van der Waals surface area contributed by atoms with E-state index in [9.17, 15) is 18.0 Å². The number of carbonyl (C=O) groups excluding carboxylic acids is 1. The van der Waals surface area contributed by atoms with Gasteiger partial charge in [0.1, 0.15) is 6.54 Å². The molecule has 2 aliphatic heterocycles. The van der Waals surface area contributed by atoms with Crippen molar-refractivity contribution in [2.24, 2.45) is 5.92 Å². The lowest BCUT2D eigenvalue weighted by Gasteiger charge is -2.28. The van der Waals surface area contributed by atoms with Gasteiger partial charge in [-0.25, -0.2) is 0 Å². The molecular formula is C11H17F3N2O. The molecule has 1 amide bonds. The van der Waals surface area contributed by atoms with Crippen molar-refractivity contribution < 1.29 is 18.0 Å². The van der Waals surface area contributed by atoms with Gasteiger partial charge in [-0.3, -0.25) is 4.79 Å². The molecule has 0 saturated carbocycles. The highest BCUT2D eigenvalue weighted by molar-refractivity contribution is 5.76. The zero-order valence-electron chi connectivity index (χ0n) is 9.52. The van der Waals surface area contributed by atoms with Crippen LogP contribution in [0.15, 0.2) is 0 Å². The van der Waals surface area contributed by atoms with Crippen LogP contribution >= 0.6 is 0 Å². The highest BCUT2D eigenvalue weighted by Crippen LogP contribution is 2.32. The Morgan fingerprint density at radius 1 is 1.24 bits per heavy atom. The Hall–Kier alpha value is -0.780. The molecule has 3 nitrogen and oxygen atoms in total. The molecule has 0 aromatic rings. The van der Waals surface area contributed by atoms with Gasteiger partial charge in [0.25, 0.3) is 0 Å². The molecule has 0 radical (unpaired) electrons. The molecule has 2 heterocycles. The standard InChI is InChI=1S/C11H17F3N2O/c12-11(13,14)6-15-10(17)5-7-3-8-1-2-9(4-7)16-8/h7-9,16H,1-6H2,(H,15,17). The third-order valence-electron chi connectivity index (χ3n) is 3.53. The summed E-state index contributed by atoms with van der Waals surface area (Å²) in [5.74, 6) is -0.240. The Bertz CT molecular complexity index is 281. The van der Waals surface area contributed by atoms with Gasteiger partial charge in [-0.05, 0) is 31.6 Å². The second-order valence-electron chi connectivity index (χ2n) is 5.07. The Balaban J connectivity index is 1.72. The molecule has 98 valence electrons. The van der Waals surface area contributed by atoms with Crippen LogP contribution in [0.5, 0.6) is 0 Å². The third kappa shape index (κ3) is 3.87. The largest absolute Gasteiger partial charge is 0.405 e. The van der Waals surface area contributed by atoms with Gasteiger partial charge < -0.3 is 10.6 Å². The minimum absolute atomic E-state index is 0.227. The van der Waals surface area contributed by atoms with Crippen molar-refractivity contribution in [1.29, 1.82) is 0 Å². The van der Waals surface area contributed by atoms with E-state index in [1.54, 1.807) is 0 Å². The van der Waals surface area contributed by atoms with Crippen LogP contribution in [0.3, 0.4) is 0 Å². The van der Waals surface area contributed by atoms with Crippen molar-refractivity contribution in [1.82, 2.24) is 10.6 Å². The zero-order chi connectivity index (χ0) is 12.5. The predicted molar refractivity (Wildman–Crippen MR) is 56.4 cm³/mol. The fourth-order valence-electron chi connectivity index (χ4n) is 2.87. The summed E-state index contributed by atoms with van der Waals surface area (Å²) in [4.78, 5) is 11.4. The number of carbonyl (C=O) groups is 1. The monoisotopic (exact) mass is 250 g/mol. The molecule has 2 atom stereocenters. The molecule has 17 heavy (non-hydrogen) atoms. The van der Waals surface area contributed by atoms with Crippen LogP contribution in [0, 0.1) is 5.92 Å². The van der Waals surface area contributed by atoms with Gasteiger partial charge in [0.15, 0.2) is 0 Å². The number of halogens is 3. The van der Waals surface area contributed by atoms with E-state index >= 15 is 0 Å². The molecule has 2 fully saturated rings. The van der Waals surface area contributed by atoms with Crippen molar-refractivity contribution in [2.45, 2.75) is 50.4 Å². The van der Waals surface area contributed by atoms with Gasteiger partial charge in [-0.1, -0.05) is 0 Å². The number of piperidine rings is 1. The molecule has 0 spiro atoms. The third-order valence-corrected chi connectivity index (χ3v) is 3.53. The number of nitrogens with one attached hydrogen (secondary N) is 2. The first-order valence-corrected chi connectivity index (χ1v) is 6.02. The van der Waals surface area contributed by atoms with E-state index in [2.05, 4.69) is 5.32 Å². The maximum atomic E-state index is 11.9. The van der Waals surface area contributed by atoms with Crippen molar-refractivity contribution >= 4 is 5.91 Å². The number of hydrogen-bond donors (Lipinski definition) is 2. The van der Waals surface area contributed by atoms with Crippen LogP contribution in [-0.2, 0) is 4.79 Å².